The van der Waals surface area contributed by atoms with Gasteiger partial charge in [0.15, 0.2) is 12.0 Å². The third kappa shape index (κ3) is 8.23. The van der Waals surface area contributed by atoms with Crippen molar-refractivity contribution in [1.29, 1.82) is 0 Å². The van der Waals surface area contributed by atoms with Gasteiger partial charge in [-0.2, -0.15) is 0 Å². The highest BCUT2D eigenvalue weighted by atomic mass is 19.1. The number of hydrogen-bond acceptors (Lipinski definition) is 3. The van der Waals surface area contributed by atoms with Crippen molar-refractivity contribution in [2.24, 2.45) is 0 Å². The van der Waals surface area contributed by atoms with E-state index in [-0.39, 0.29) is 12.3 Å². The number of aliphatic hydroxyl groups is 1. The number of halogens is 1. The summed E-state index contributed by atoms with van der Waals surface area (Å²) in [4.78, 5) is 17.2. The van der Waals surface area contributed by atoms with Gasteiger partial charge in [-0.1, -0.05) is 95.5 Å². The summed E-state index contributed by atoms with van der Waals surface area (Å²) < 4.78 is 14.3. The largest absolute Gasteiger partial charge is 0.382 e. The van der Waals surface area contributed by atoms with Crippen LogP contribution in [0.2, 0.25) is 0 Å². The Kier molecular flexibility index (Phi) is 11.6. The van der Waals surface area contributed by atoms with Crippen molar-refractivity contribution < 1.29 is 14.3 Å². The van der Waals surface area contributed by atoms with Gasteiger partial charge in [-0.3, -0.25) is 9.78 Å². The molecule has 1 aliphatic rings. The van der Waals surface area contributed by atoms with Gasteiger partial charge in [0.1, 0.15) is 5.60 Å². The second kappa shape index (κ2) is 14.6. The Labute approximate surface area is 217 Å². The van der Waals surface area contributed by atoms with Crippen molar-refractivity contribution in [3.8, 4) is 11.3 Å². The van der Waals surface area contributed by atoms with Gasteiger partial charge >= 0.3 is 0 Å². The zero-order chi connectivity index (χ0) is 25.8. The maximum atomic E-state index is 14.3. The Bertz CT molecular complexity index is 901. The highest BCUT2D eigenvalue weighted by molar-refractivity contribution is 5.91. The molecule has 0 spiro atoms. The van der Waals surface area contributed by atoms with Crippen molar-refractivity contribution in [2.45, 2.75) is 128 Å². The number of alkyl halides is 1. The van der Waals surface area contributed by atoms with Crippen LogP contribution in [0.15, 0.2) is 42.6 Å². The number of rotatable bonds is 15. The Balaban J connectivity index is 1.46. The molecular formula is C32H46FNO2. The summed E-state index contributed by atoms with van der Waals surface area (Å²) in [6, 6.07) is 12.8. The van der Waals surface area contributed by atoms with Crippen molar-refractivity contribution in [2.75, 3.05) is 0 Å². The molecule has 1 aromatic heterocycles. The molecule has 3 nitrogen and oxygen atoms in total. The highest BCUT2D eigenvalue weighted by Crippen LogP contribution is 2.40. The van der Waals surface area contributed by atoms with Crippen LogP contribution in [-0.4, -0.2) is 27.6 Å². The number of pyridine rings is 1. The predicted octanol–water partition coefficient (Wildman–Crippen LogP) is 8.53. The standard InChI is InChI=1S/C32H46FNO2/c1-3-5-7-8-9-10-11-12-25-14-19-30(34-24-25)28-17-15-26(16-18-28)27-20-22-32(36,23-21-27)31(35)29(33)13-6-4-2/h14-19,24,27,29,36H,3-13,20-23H2,1-2H3. The molecule has 1 N–H and O–H groups in total. The molecule has 3 rings (SSSR count). The van der Waals surface area contributed by atoms with Crippen LogP contribution in [0.5, 0.6) is 0 Å². The fourth-order valence-electron chi connectivity index (χ4n) is 5.44. The van der Waals surface area contributed by atoms with E-state index < -0.39 is 17.6 Å². The molecule has 2 aromatic rings. The fourth-order valence-corrected chi connectivity index (χ4v) is 5.44. The normalized spacial score (nSPS) is 20.8. The van der Waals surface area contributed by atoms with Crippen LogP contribution < -0.4 is 0 Å². The van der Waals surface area contributed by atoms with Crippen LogP contribution in [-0.2, 0) is 11.2 Å². The quantitative estimate of drug-likeness (QED) is 0.252. The molecule has 0 saturated heterocycles. The summed E-state index contributed by atoms with van der Waals surface area (Å²) in [5.41, 5.74) is 3.10. The van der Waals surface area contributed by atoms with E-state index >= 15 is 0 Å². The van der Waals surface area contributed by atoms with Crippen LogP contribution in [0.1, 0.15) is 121 Å². The van der Waals surface area contributed by atoms with Gasteiger partial charge in [0.25, 0.3) is 0 Å². The van der Waals surface area contributed by atoms with Crippen LogP contribution in [0.25, 0.3) is 11.3 Å². The third-order valence-electron chi connectivity index (χ3n) is 7.94. The number of unbranched alkanes of at least 4 members (excludes halogenated alkanes) is 7. The number of benzene rings is 1. The lowest BCUT2D eigenvalue weighted by molar-refractivity contribution is -0.146. The minimum absolute atomic E-state index is 0.219. The van der Waals surface area contributed by atoms with E-state index in [1.807, 2.05) is 13.1 Å². The summed E-state index contributed by atoms with van der Waals surface area (Å²) in [5.74, 6) is -0.315. The zero-order valence-corrected chi connectivity index (χ0v) is 22.5. The van der Waals surface area contributed by atoms with Crippen LogP contribution in [0.4, 0.5) is 4.39 Å². The highest BCUT2D eigenvalue weighted by Gasteiger charge is 2.43. The van der Waals surface area contributed by atoms with E-state index in [4.69, 9.17) is 4.98 Å². The molecule has 1 aromatic carbocycles. The molecule has 0 amide bonds. The van der Waals surface area contributed by atoms with Crippen LogP contribution >= 0.6 is 0 Å². The first kappa shape index (κ1) is 28.5. The molecule has 0 aliphatic heterocycles. The molecule has 1 heterocycles. The Morgan fingerprint density at radius 3 is 2.19 bits per heavy atom. The lowest BCUT2D eigenvalue weighted by Crippen LogP contribution is -2.46. The molecule has 1 atom stereocenters. The Hall–Kier alpha value is -2.07. The number of aryl methyl sites for hydroxylation is 1. The Morgan fingerprint density at radius 1 is 0.944 bits per heavy atom. The first-order valence-corrected chi connectivity index (χ1v) is 14.4. The second-order valence-corrected chi connectivity index (χ2v) is 10.8. The summed E-state index contributed by atoms with van der Waals surface area (Å²) in [6.07, 6.45) is 14.6. The zero-order valence-electron chi connectivity index (χ0n) is 22.5. The molecule has 0 bridgehead atoms. The van der Waals surface area contributed by atoms with Gasteiger partial charge in [-0.05, 0) is 68.1 Å². The number of aromatic nitrogens is 1. The molecule has 1 fully saturated rings. The van der Waals surface area contributed by atoms with Gasteiger partial charge in [0.2, 0.25) is 0 Å². The summed E-state index contributed by atoms with van der Waals surface area (Å²) >= 11 is 0. The maximum Gasteiger partial charge on any atom is 0.198 e. The molecule has 0 radical (unpaired) electrons. The number of nitrogens with zero attached hydrogens (tertiary/aromatic N) is 1. The smallest absolute Gasteiger partial charge is 0.198 e. The number of Topliss-reactive ketones (excluding diaryl/α,β-unsaturated/α-hetero) is 1. The first-order valence-electron chi connectivity index (χ1n) is 14.4. The van der Waals surface area contributed by atoms with Crippen molar-refractivity contribution >= 4 is 5.78 Å². The van der Waals surface area contributed by atoms with E-state index in [0.29, 0.717) is 32.1 Å². The number of carbonyl (C=O) groups is 1. The summed E-state index contributed by atoms with van der Waals surface area (Å²) in [7, 11) is 0. The third-order valence-corrected chi connectivity index (χ3v) is 7.94. The number of ketones is 1. The molecule has 198 valence electrons. The molecule has 4 heteroatoms. The monoisotopic (exact) mass is 495 g/mol. The van der Waals surface area contributed by atoms with Gasteiger partial charge in [0.05, 0.1) is 5.69 Å². The van der Waals surface area contributed by atoms with E-state index in [1.165, 1.54) is 56.1 Å². The summed E-state index contributed by atoms with van der Waals surface area (Å²) in [6.45, 7) is 4.23. The van der Waals surface area contributed by atoms with E-state index in [0.717, 1.165) is 24.1 Å². The lowest BCUT2D eigenvalue weighted by atomic mass is 9.73. The SMILES string of the molecule is CCCCCCCCCc1ccc(-c2ccc(C3CCC(O)(C(=O)C(F)CCCC)CC3)cc2)nc1. The Morgan fingerprint density at radius 2 is 1.58 bits per heavy atom. The topological polar surface area (TPSA) is 50.2 Å². The molecule has 36 heavy (non-hydrogen) atoms. The maximum absolute atomic E-state index is 14.3. The number of carbonyl (C=O) groups excluding carboxylic acids is 1. The van der Waals surface area contributed by atoms with E-state index in [1.54, 1.807) is 0 Å². The minimum Gasteiger partial charge on any atom is -0.382 e. The van der Waals surface area contributed by atoms with E-state index in [9.17, 15) is 14.3 Å². The minimum atomic E-state index is -1.54. The van der Waals surface area contributed by atoms with Crippen LogP contribution in [0.3, 0.4) is 0 Å². The van der Waals surface area contributed by atoms with Crippen molar-refractivity contribution in [1.82, 2.24) is 4.98 Å². The molecule has 1 unspecified atom stereocenters. The second-order valence-electron chi connectivity index (χ2n) is 10.8. The average molecular weight is 496 g/mol. The molecule has 1 aliphatic carbocycles. The fraction of sp³-hybridized carbons (Fsp3) is 0.625. The lowest BCUT2D eigenvalue weighted by Gasteiger charge is -2.35. The predicted molar refractivity (Wildman–Crippen MR) is 147 cm³/mol. The summed E-state index contributed by atoms with van der Waals surface area (Å²) in [5, 5.41) is 10.8. The van der Waals surface area contributed by atoms with Crippen molar-refractivity contribution in [3.05, 3.63) is 53.7 Å². The van der Waals surface area contributed by atoms with Gasteiger partial charge in [-0.15, -0.1) is 0 Å². The van der Waals surface area contributed by atoms with Gasteiger partial charge in [0, 0.05) is 11.8 Å². The van der Waals surface area contributed by atoms with Gasteiger partial charge < -0.3 is 5.11 Å². The van der Waals surface area contributed by atoms with Gasteiger partial charge in [-0.25, -0.2) is 4.39 Å². The average Bonchev–Trinajstić information content (AvgIpc) is 2.91. The van der Waals surface area contributed by atoms with E-state index in [2.05, 4.69) is 43.3 Å². The number of hydrogen-bond donors (Lipinski definition) is 1. The van der Waals surface area contributed by atoms with Crippen molar-refractivity contribution in [3.63, 3.8) is 0 Å². The molecular weight excluding hydrogens is 449 g/mol. The van der Waals surface area contributed by atoms with Crippen LogP contribution in [0, 0.1) is 0 Å². The first-order chi connectivity index (χ1) is 17.5. The molecule has 1 saturated carbocycles.